The molecular weight excluding hydrogens is 357 g/mol. The van der Waals surface area contributed by atoms with E-state index in [4.69, 9.17) is 23.2 Å². The van der Waals surface area contributed by atoms with E-state index in [1.807, 2.05) is 30.1 Å². The lowest BCUT2D eigenvalue weighted by molar-refractivity contribution is 0.279. The summed E-state index contributed by atoms with van der Waals surface area (Å²) in [5.74, 6) is 0.438. The number of hydrogen-bond donors (Lipinski definition) is 0. The van der Waals surface area contributed by atoms with Crippen LogP contribution in [-0.2, 0) is 0 Å². The second kappa shape index (κ2) is 8.14. The standard InChI is InChI=1S/C20H23Cl2NS/c1-3-11-23-20(15-7-9-17(21)10-8-15)19(12-14(2)24-23)16-5-4-6-18(22)13-16/h4-10,13-14,19-20H,3,11-12H2,1-2H3/t14-,19-,20-/m1/s1. The Balaban J connectivity index is 2.02. The van der Waals surface area contributed by atoms with Crippen molar-refractivity contribution in [2.24, 2.45) is 0 Å². The maximum atomic E-state index is 6.28. The lowest BCUT2D eigenvalue weighted by atomic mass is 9.83. The van der Waals surface area contributed by atoms with E-state index in [0.29, 0.717) is 17.2 Å². The molecule has 24 heavy (non-hydrogen) atoms. The van der Waals surface area contributed by atoms with E-state index in [2.05, 4.69) is 48.5 Å². The summed E-state index contributed by atoms with van der Waals surface area (Å²) >= 11 is 14.4. The van der Waals surface area contributed by atoms with Crippen LogP contribution in [0.2, 0.25) is 10.0 Å². The van der Waals surface area contributed by atoms with Crippen LogP contribution in [0.3, 0.4) is 0 Å². The van der Waals surface area contributed by atoms with Gasteiger partial charge in [0, 0.05) is 27.8 Å². The molecule has 1 aliphatic rings. The first kappa shape index (κ1) is 18.1. The first-order valence-electron chi connectivity index (χ1n) is 8.53. The predicted octanol–water partition coefficient (Wildman–Crippen LogP) is 6.97. The van der Waals surface area contributed by atoms with Crippen LogP contribution >= 0.6 is 35.1 Å². The average molecular weight is 380 g/mol. The number of halogens is 2. The third-order valence-corrected chi connectivity index (χ3v) is 6.24. The Morgan fingerprint density at radius 1 is 1.04 bits per heavy atom. The van der Waals surface area contributed by atoms with Gasteiger partial charge < -0.3 is 0 Å². The summed E-state index contributed by atoms with van der Waals surface area (Å²) in [7, 11) is 0. The number of nitrogens with zero attached hydrogens (tertiary/aromatic N) is 1. The van der Waals surface area contributed by atoms with Crippen molar-refractivity contribution in [3.05, 3.63) is 69.7 Å². The third-order valence-electron chi connectivity index (χ3n) is 4.52. The summed E-state index contributed by atoms with van der Waals surface area (Å²) in [6.45, 7) is 5.65. The van der Waals surface area contributed by atoms with Crippen molar-refractivity contribution in [1.29, 1.82) is 0 Å². The maximum Gasteiger partial charge on any atom is 0.0521 e. The first-order chi connectivity index (χ1) is 11.6. The zero-order valence-electron chi connectivity index (χ0n) is 14.1. The van der Waals surface area contributed by atoms with Gasteiger partial charge in [-0.15, -0.1) is 0 Å². The van der Waals surface area contributed by atoms with Gasteiger partial charge in [-0.05, 0) is 48.2 Å². The van der Waals surface area contributed by atoms with E-state index in [0.717, 1.165) is 29.4 Å². The molecule has 1 aliphatic heterocycles. The Bertz CT molecular complexity index is 674. The monoisotopic (exact) mass is 379 g/mol. The molecule has 0 aliphatic carbocycles. The highest BCUT2D eigenvalue weighted by Crippen LogP contribution is 2.49. The van der Waals surface area contributed by atoms with Crippen LogP contribution in [0.1, 0.15) is 49.8 Å². The molecule has 0 unspecified atom stereocenters. The Morgan fingerprint density at radius 2 is 1.79 bits per heavy atom. The van der Waals surface area contributed by atoms with Gasteiger partial charge in [0.25, 0.3) is 0 Å². The summed E-state index contributed by atoms with van der Waals surface area (Å²) in [6, 6.07) is 17.0. The summed E-state index contributed by atoms with van der Waals surface area (Å²) < 4.78 is 2.56. The molecule has 2 aromatic rings. The summed E-state index contributed by atoms with van der Waals surface area (Å²) in [5, 5.41) is 2.20. The van der Waals surface area contributed by atoms with Gasteiger partial charge in [-0.3, -0.25) is 0 Å². The molecule has 3 atom stereocenters. The maximum absolute atomic E-state index is 6.28. The summed E-state index contributed by atoms with van der Waals surface area (Å²) in [4.78, 5) is 0. The molecule has 4 heteroatoms. The van der Waals surface area contributed by atoms with Crippen molar-refractivity contribution in [3.8, 4) is 0 Å². The lowest BCUT2D eigenvalue weighted by Gasteiger charge is -2.43. The van der Waals surface area contributed by atoms with E-state index in [9.17, 15) is 0 Å². The molecular formula is C20H23Cl2NS. The van der Waals surface area contributed by atoms with Gasteiger partial charge in [0.05, 0.1) is 6.04 Å². The highest BCUT2D eigenvalue weighted by Gasteiger charge is 2.36. The number of rotatable bonds is 4. The van der Waals surface area contributed by atoms with E-state index in [1.165, 1.54) is 11.1 Å². The van der Waals surface area contributed by atoms with Crippen molar-refractivity contribution < 1.29 is 0 Å². The molecule has 0 bridgehead atoms. The third kappa shape index (κ3) is 4.11. The van der Waals surface area contributed by atoms with Gasteiger partial charge in [0.2, 0.25) is 0 Å². The molecule has 128 valence electrons. The van der Waals surface area contributed by atoms with Crippen LogP contribution in [0.25, 0.3) is 0 Å². The SMILES string of the molecule is CCCN1S[C@H](C)C[C@H](c2cccc(Cl)c2)[C@H]1c1ccc(Cl)cc1. The van der Waals surface area contributed by atoms with Gasteiger partial charge in [0.15, 0.2) is 0 Å². The van der Waals surface area contributed by atoms with Crippen molar-refractivity contribution in [2.75, 3.05) is 6.54 Å². The molecule has 1 fully saturated rings. The molecule has 0 N–H and O–H groups in total. The molecule has 0 amide bonds. The molecule has 1 nitrogen and oxygen atoms in total. The zero-order chi connectivity index (χ0) is 17.1. The molecule has 0 spiro atoms. The van der Waals surface area contributed by atoms with Gasteiger partial charge >= 0.3 is 0 Å². The Kier molecular flexibility index (Phi) is 6.15. The average Bonchev–Trinajstić information content (AvgIpc) is 2.56. The fraction of sp³-hybridized carbons (Fsp3) is 0.400. The second-order valence-corrected chi connectivity index (χ2v) is 8.81. The highest BCUT2D eigenvalue weighted by atomic mass is 35.5. The summed E-state index contributed by atoms with van der Waals surface area (Å²) in [6.07, 6.45) is 2.30. The minimum atomic E-state index is 0.349. The molecule has 0 saturated carbocycles. The number of benzene rings is 2. The van der Waals surface area contributed by atoms with Crippen molar-refractivity contribution >= 4 is 35.1 Å². The predicted molar refractivity (Wildman–Crippen MR) is 107 cm³/mol. The highest BCUT2D eigenvalue weighted by molar-refractivity contribution is 7.97. The van der Waals surface area contributed by atoms with Gasteiger partial charge in [-0.1, -0.05) is 73.3 Å². The topological polar surface area (TPSA) is 3.24 Å². The first-order valence-corrected chi connectivity index (χ1v) is 10.1. The minimum Gasteiger partial charge on any atom is -0.242 e. The normalized spacial score (nSPS) is 24.9. The van der Waals surface area contributed by atoms with Crippen LogP contribution in [-0.4, -0.2) is 16.1 Å². The smallest absolute Gasteiger partial charge is 0.0521 e. The van der Waals surface area contributed by atoms with Crippen LogP contribution in [0, 0.1) is 0 Å². The largest absolute Gasteiger partial charge is 0.242 e. The van der Waals surface area contributed by atoms with Crippen LogP contribution in [0.4, 0.5) is 0 Å². The Hall–Kier alpha value is -0.670. The van der Waals surface area contributed by atoms with Crippen LogP contribution < -0.4 is 0 Å². The Morgan fingerprint density at radius 3 is 2.46 bits per heavy atom. The molecule has 1 saturated heterocycles. The van der Waals surface area contributed by atoms with Crippen molar-refractivity contribution in [1.82, 2.24) is 4.31 Å². The summed E-state index contributed by atoms with van der Waals surface area (Å²) in [5.41, 5.74) is 2.66. The van der Waals surface area contributed by atoms with Crippen molar-refractivity contribution in [2.45, 2.75) is 43.9 Å². The van der Waals surface area contributed by atoms with E-state index in [-0.39, 0.29) is 0 Å². The fourth-order valence-electron chi connectivity index (χ4n) is 3.55. The van der Waals surface area contributed by atoms with Gasteiger partial charge in [0.1, 0.15) is 0 Å². The van der Waals surface area contributed by atoms with Crippen LogP contribution in [0.15, 0.2) is 48.5 Å². The quantitative estimate of drug-likeness (QED) is 0.527. The fourth-order valence-corrected chi connectivity index (χ4v) is 5.32. The van der Waals surface area contributed by atoms with Crippen LogP contribution in [0.5, 0.6) is 0 Å². The van der Waals surface area contributed by atoms with Gasteiger partial charge in [-0.2, -0.15) is 0 Å². The molecule has 2 aromatic carbocycles. The van der Waals surface area contributed by atoms with E-state index >= 15 is 0 Å². The van der Waals surface area contributed by atoms with Crippen molar-refractivity contribution in [3.63, 3.8) is 0 Å². The van der Waals surface area contributed by atoms with E-state index < -0.39 is 0 Å². The second-order valence-electron chi connectivity index (χ2n) is 6.45. The molecule has 0 radical (unpaired) electrons. The lowest BCUT2D eigenvalue weighted by Crippen LogP contribution is -2.35. The minimum absolute atomic E-state index is 0.349. The Labute approximate surface area is 159 Å². The zero-order valence-corrected chi connectivity index (χ0v) is 16.4. The van der Waals surface area contributed by atoms with E-state index in [1.54, 1.807) is 0 Å². The number of hydrogen-bond acceptors (Lipinski definition) is 2. The molecule has 1 heterocycles. The van der Waals surface area contributed by atoms with Gasteiger partial charge in [-0.25, -0.2) is 4.31 Å². The molecule has 3 rings (SSSR count). The molecule has 0 aromatic heterocycles.